The summed E-state index contributed by atoms with van der Waals surface area (Å²) in [6, 6.07) is 1.69. The second kappa shape index (κ2) is 6.95. The van der Waals surface area contributed by atoms with Crippen molar-refractivity contribution in [3.8, 4) is 0 Å². The van der Waals surface area contributed by atoms with Crippen LogP contribution in [0.25, 0.3) is 0 Å². The molecule has 4 nitrogen and oxygen atoms in total. The predicted molar refractivity (Wildman–Crippen MR) is 86.8 cm³/mol. The fourth-order valence-electron chi connectivity index (χ4n) is 2.92. The first-order chi connectivity index (χ1) is 9.98. The van der Waals surface area contributed by atoms with E-state index in [1.807, 2.05) is 6.92 Å². The fourth-order valence-corrected chi connectivity index (χ4v) is 3.50. The molecular weight excluding hydrogens is 309 g/mol. The molecule has 0 atom stereocenters. The Morgan fingerprint density at radius 2 is 1.95 bits per heavy atom. The molecule has 1 aliphatic carbocycles. The summed E-state index contributed by atoms with van der Waals surface area (Å²) in [5.41, 5.74) is 6.77. The Bertz CT molecular complexity index is 503. The van der Waals surface area contributed by atoms with Gasteiger partial charge in [-0.2, -0.15) is 0 Å². The number of carbonyl (C=O) groups is 1. The van der Waals surface area contributed by atoms with Crippen LogP contribution in [0, 0.1) is 12.3 Å². The summed E-state index contributed by atoms with van der Waals surface area (Å²) in [4.78, 5) is 16.7. The SMILES string of the molecule is Cc1cc(Cl)nc(Cl)c1NC(=O)C1(CN)CCCCCC1. The minimum absolute atomic E-state index is 0.0546. The number of nitrogens with zero attached hydrogens (tertiary/aromatic N) is 1. The standard InChI is InChI=1S/C15H21Cl2N3O/c1-10-8-11(16)19-13(17)12(10)20-14(21)15(9-18)6-4-2-3-5-7-15/h8H,2-7,9,18H2,1H3,(H,20,21). The molecule has 1 amide bonds. The van der Waals surface area contributed by atoms with E-state index in [2.05, 4.69) is 10.3 Å². The van der Waals surface area contributed by atoms with E-state index >= 15 is 0 Å². The van der Waals surface area contributed by atoms with Gasteiger partial charge < -0.3 is 11.1 Å². The van der Waals surface area contributed by atoms with E-state index in [1.165, 1.54) is 0 Å². The van der Waals surface area contributed by atoms with Gasteiger partial charge in [-0.15, -0.1) is 0 Å². The largest absolute Gasteiger partial charge is 0.329 e. The number of anilines is 1. The molecule has 116 valence electrons. The number of hydrogen-bond donors (Lipinski definition) is 2. The Hall–Kier alpha value is -0.840. The van der Waals surface area contributed by atoms with Gasteiger partial charge in [0.1, 0.15) is 5.15 Å². The number of rotatable bonds is 3. The number of aryl methyl sites for hydroxylation is 1. The molecule has 0 saturated heterocycles. The first-order valence-electron chi connectivity index (χ1n) is 7.33. The van der Waals surface area contributed by atoms with Crippen molar-refractivity contribution in [3.63, 3.8) is 0 Å². The van der Waals surface area contributed by atoms with Crippen LogP contribution in [0.4, 0.5) is 5.69 Å². The average molecular weight is 330 g/mol. The van der Waals surface area contributed by atoms with Crippen LogP contribution in [-0.4, -0.2) is 17.4 Å². The molecule has 0 spiro atoms. The van der Waals surface area contributed by atoms with Gasteiger partial charge in [0.25, 0.3) is 0 Å². The highest BCUT2D eigenvalue weighted by Crippen LogP contribution is 2.36. The molecule has 0 aliphatic heterocycles. The predicted octanol–water partition coefficient (Wildman–Crippen LogP) is 3.93. The van der Waals surface area contributed by atoms with Gasteiger partial charge in [-0.25, -0.2) is 4.98 Å². The number of halogens is 2. The van der Waals surface area contributed by atoms with Crippen molar-refractivity contribution in [2.24, 2.45) is 11.1 Å². The Labute approximate surface area is 135 Å². The van der Waals surface area contributed by atoms with Crippen molar-refractivity contribution < 1.29 is 4.79 Å². The van der Waals surface area contributed by atoms with Crippen molar-refractivity contribution in [2.45, 2.75) is 45.4 Å². The van der Waals surface area contributed by atoms with Crippen molar-refractivity contribution in [1.82, 2.24) is 4.98 Å². The first-order valence-corrected chi connectivity index (χ1v) is 8.08. The molecule has 1 aliphatic rings. The lowest BCUT2D eigenvalue weighted by atomic mass is 9.79. The number of aromatic nitrogens is 1. The number of nitrogens with two attached hydrogens (primary N) is 1. The fraction of sp³-hybridized carbons (Fsp3) is 0.600. The van der Waals surface area contributed by atoms with Crippen LogP contribution in [-0.2, 0) is 4.79 Å². The topological polar surface area (TPSA) is 68.0 Å². The lowest BCUT2D eigenvalue weighted by Crippen LogP contribution is -2.42. The highest BCUT2D eigenvalue weighted by molar-refractivity contribution is 6.34. The zero-order valence-corrected chi connectivity index (χ0v) is 13.7. The molecule has 6 heteroatoms. The number of hydrogen-bond acceptors (Lipinski definition) is 3. The van der Waals surface area contributed by atoms with E-state index in [-0.39, 0.29) is 11.1 Å². The third-order valence-electron chi connectivity index (χ3n) is 4.31. The Kier molecular flexibility index (Phi) is 5.47. The van der Waals surface area contributed by atoms with Crippen molar-refractivity contribution >= 4 is 34.8 Å². The average Bonchev–Trinajstić information content (AvgIpc) is 2.68. The molecule has 0 unspecified atom stereocenters. The van der Waals surface area contributed by atoms with Crippen LogP contribution >= 0.6 is 23.2 Å². The zero-order chi connectivity index (χ0) is 15.5. The molecule has 3 N–H and O–H groups in total. The smallest absolute Gasteiger partial charge is 0.231 e. The lowest BCUT2D eigenvalue weighted by molar-refractivity contribution is -0.125. The summed E-state index contributed by atoms with van der Waals surface area (Å²) in [5.74, 6) is -0.0546. The van der Waals surface area contributed by atoms with E-state index in [1.54, 1.807) is 6.07 Å². The molecular formula is C15H21Cl2N3O. The third-order valence-corrected chi connectivity index (χ3v) is 4.78. The van der Waals surface area contributed by atoms with Crippen molar-refractivity contribution in [2.75, 3.05) is 11.9 Å². The number of nitrogens with one attached hydrogen (secondary N) is 1. The molecule has 1 saturated carbocycles. The monoisotopic (exact) mass is 329 g/mol. The minimum Gasteiger partial charge on any atom is -0.329 e. The Balaban J connectivity index is 2.23. The molecule has 2 rings (SSSR count). The molecule has 0 aromatic carbocycles. The van der Waals surface area contributed by atoms with E-state index in [9.17, 15) is 4.79 Å². The van der Waals surface area contributed by atoms with E-state index in [0.29, 0.717) is 17.4 Å². The van der Waals surface area contributed by atoms with Crippen LogP contribution in [0.15, 0.2) is 6.07 Å². The highest BCUT2D eigenvalue weighted by atomic mass is 35.5. The maximum atomic E-state index is 12.8. The number of carbonyl (C=O) groups excluding carboxylic acids is 1. The van der Waals surface area contributed by atoms with E-state index in [0.717, 1.165) is 44.1 Å². The zero-order valence-electron chi connectivity index (χ0n) is 12.2. The molecule has 21 heavy (non-hydrogen) atoms. The van der Waals surface area contributed by atoms with Crippen LogP contribution in [0.2, 0.25) is 10.3 Å². The highest BCUT2D eigenvalue weighted by Gasteiger charge is 2.37. The summed E-state index contributed by atoms with van der Waals surface area (Å²) >= 11 is 12.0. The van der Waals surface area contributed by atoms with Crippen LogP contribution in [0.5, 0.6) is 0 Å². The normalized spacial score (nSPS) is 18.1. The van der Waals surface area contributed by atoms with Gasteiger partial charge in [0, 0.05) is 6.54 Å². The number of pyridine rings is 1. The first kappa shape index (κ1) is 16.5. The molecule has 1 fully saturated rings. The molecule has 0 bridgehead atoms. The van der Waals surface area contributed by atoms with Crippen LogP contribution in [0.3, 0.4) is 0 Å². The van der Waals surface area contributed by atoms with Crippen LogP contribution < -0.4 is 11.1 Å². The second-order valence-corrected chi connectivity index (χ2v) is 6.53. The van der Waals surface area contributed by atoms with Gasteiger partial charge in [-0.05, 0) is 31.4 Å². The minimum atomic E-state index is -0.494. The van der Waals surface area contributed by atoms with E-state index in [4.69, 9.17) is 28.9 Å². The van der Waals surface area contributed by atoms with E-state index < -0.39 is 5.41 Å². The Morgan fingerprint density at radius 3 is 2.48 bits per heavy atom. The summed E-state index contributed by atoms with van der Waals surface area (Å²) in [7, 11) is 0. The molecule has 1 heterocycles. The van der Waals surface area contributed by atoms with Gasteiger partial charge in [0.05, 0.1) is 11.1 Å². The van der Waals surface area contributed by atoms with Gasteiger partial charge in [-0.3, -0.25) is 4.79 Å². The van der Waals surface area contributed by atoms with Crippen molar-refractivity contribution in [3.05, 3.63) is 21.9 Å². The number of amides is 1. The third kappa shape index (κ3) is 3.68. The van der Waals surface area contributed by atoms with Gasteiger partial charge in [0.2, 0.25) is 5.91 Å². The van der Waals surface area contributed by atoms with Gasteiger partial charge in [-0.1, -0.05) is 48.9 Å². The van der Waals surface area contributed by atoms with Gasteiger partial charge in [0.15, 0.2) is 5.15 Å². The summed E-state index contributed by atoms with van der Waals surface area (Å²) in [5, 5.41) is 3.46. The Morgan fingerprint density at radius 1 is 1.33 bits per heavy atom. The maximum Gasteiger partial charge on any atom is 0.231 e. The molecule has 0 radical (unpaired) electrons. The molecule has 1 aromatic heterocycles. The van der Waals surface area contributed by atoms with Crippen molar-refractivity contribution in [1.29, 1.82) is 0 Å². The summed E-state index contributed by atoms with van der Waals surface area (Å²) in [6.07, 6.45) is 6.06. The lowest BCUT2D eigenvalue weighted by Gasteiger charge is -2.30. The molecule has 1 aromatic rings. The van der Waals surface area contributed by atoms with Gasteiger partial charge >= 0.3 is 0 Å². The second-order valence-electron chi connectivity index (χ2n) is 5.78. The summed E-state index contributed by atoms with van der Waals surface area (Å²) in [6.45, 7) is 2.20. The maximum absolute atomic E-state index is 12.8. The quantitative estimate of drug-likeness (QED) is 0.652. The summed E-state index contributed by atoms with van der Waals surface area (Å²) < 4.78 is 0. The van der Waals surface area contributed by atoms with Crippen LogP contribution in [0.1, 0.15) is 44.1 Å².